The molecule has 0 radical (unpaired) electrons. The largest absolute Gasteiger partial charge is 0.359 e. The topological polar surface area (TPSA) is 45.2 Å². The summed E-state index contributed by atoms with van der Waals surface area (Å²) in [6, 6.07) is 17.9. The Balaban J connectivity index is 1.82. The molecule has 1 aromatic heterocycles. The summed E-state index contributed by atoms with van der Waals surface area (Å²) >= 11 is 0. The van der Waals surface area contributed by atoms with Crippen LogP contribution in [0.5, 0.6) is 0 Å². The van der Waals surface area contributed by atoms with Crippen LogP contribution in [0.25, 0.3) is 0 Å². The van der Waals surface area contributed by atoms with E-state index in [-0.39, 0.29) is 12.1 Å². The van der Waals surface area contributed by atoms with Crippen LogP contribution in [0.2, 0.25) is 0 Å². The number of benzene rings is 2. The van der Waals surface area contributed by atoms with E-state index in [0.29, 0.717) is 5.56 Å². The van der Waals surface area contributed by atoms with E-state index < -0.39 is 0 Å². The van der Waals surface area contributed by atoms with Gasteiger partial charge in [0.05, 0.1) is 11.3 Å². The van der Waals surface area contributed by atoms with Gasteiger partial charge in [0, 0.05) is 17.6 Å². The number of carbonyl (C=O) groups excluding carboxylic acids is 1. The van der Waals surface area contributed by atoms with E-state index in [4.69, 9.17) is 0 Å². The van der Waals surface area contributed by atoms with E-state index in [2.05, 4.69) is 36.3 Å². The van der Waals surface area contributed by atoms with E-state index in [1.165, 1.54) is 0 Å². The first-order valence-electron chi connectivity index (χ1n) is 8.74. The number of hydrogen-bond donors (Lipinski definition) is 1. The number of nitrogens with one attached hydrogen (secondary N) is 1. The third-order valence-corrected chi connectivity index (χ3v) is 4.88. The van der Waals surface area contributed by atoms with Crippen LogP contribution in [-0.4, -0.2) is 10.9 Å². The van der Waals surface area contributed by atoms with Crippen LogP contribution in [0, 0.1) is 20.8 Å². The Morgan fingerprint density at radius 3 is 2.31 bits per heavy atom. The molecule has 2 aromatic carbocycles. The first kappa shape index (κ1) is 16.3. The summed E-state index contributed by atoms with van der Waals surface area (Å²) in [4.78, 5) is 19.4. The summed E-state index contributed by atoms with van der Waals surface area (Å²) in [6.07, 6.45) is 1.41. The maximum Gasteiger partial charge on any atom is 0.262 e. The number of aromatic nitrogens is 1. The Morgan fingerprint density at radius 2 is 1.62 bits per heavy atom. The molecule has 0 unspecified atom stereocenters. The van der Waals surface area contributed by atoms with Crippen molar-refractivity contribution in [2.75, 3.05) is 10.2 Å². The Morgan fingerprint density at radius 1 is 0.923 bits per heavy atom. The van der Waals surface area contributed by atoms with Crippen molar-refractivity contribution in [1.29, 1.82) is 0 Å². The average Bonchev–Trinajstić information content (AvgIpc) is 2.92. The van der Waals surface area contributed by atoms with Crippen molar-refractivity contribution in [2.24, 2.45) is 0 Å². The molecule has 0 aliphatic carbocycles. The maximum absolute atomic E-state index is 13.1. The molecule has 0 bridgehead atoms. The normalized spacial score (nSPS) is 15.9. The molecule has 0 saturated heterocycles. The quantitative estimate of drug-likeness (QED) is 0.744. The Bertz CT molecular complexity index is 959. The van der Waals surface area contributed by atoms with Crippen LogP contribution in [0.15, 0.2) is 60.8 Å². The van der Waals surface area contributed by atoms with Gasteiger partial charge in [-0.1, -0.05) is 35.9 Å². The molecule has 0 fully saturated rings. The monoisotopic (exact) mass is 343 g/mol. The molecule has 3 aromatic rings. The summed E-state index contributed by atoms with van der Waals surface area (Å²) in [6.45, 7) is 6.18. The molecule has 1 aliphatic rings. The number of rotatable bonds is 3. The molecule has 4 heteroatoms. The van der Waals surface area contributed by atoms with Gasteiger partial charge in [-0.2, -0.15) is 0 Å². The average molecular weight is 343 g/mol. The molecule has 4 rings (SSSR count). The number of amides is 1. The van der Waals surface area contributed by atoms with Gasteiger partial charge in [-0.3, -0.25) is 14.7 Å². The Kier molecular flexibility index (Phi) is 3.96. The number of nitrogens with zero attached hydrogens (tertiary/aromatic N) is 2. The zero-order chi connectivity index (χ0) is 18.3. The minimum absolute atomic E-state index is 0.0271. The number of hydrogen-bond acceptors (Lipinski definition) is 3. The standard InChI is InChI=1S/C22H21N3O/c1-14-9-11-17(12-10-14)25-21(20-18(22(25)26)8-5-13-23-20)24-19-15(2)6-4-7-16(19)3/h4-13,21,24H,1-3H3/t21-/m1/s1. The molecule has 26 heavy (non-hydrogen) atoms. The highest BCUT2D eigenvalue weighted by atomic mass is 16.2. The first-order chi connectivity index (χ1) is 12.6. The predicted octanol–water partition coefficient (Wildman–Crippen LogP) is 4.78. The van der Waals surface area contributed by atoms with E-state index in [0.717, 1.165) is 33.8 Å². The Hall–Kier alpha value is -3.14. The van der Waals surface area contributed by atoms with Crippen LogP contribution < -0.4 is 10.2 Å². The summed E-state index contributed by atoms with van der Waals surface area (Å²) < 4.78 is 0. The van der Waals surface area contributed by atoms with Crippen molar-refractivity contribution in [3.8, 4) is 0 Å². The van der Waals surface area contributed by atoms with E-state index in [9.17, 15) is 4.79 Å². The second-order valence-electron chi connectivity index (χ2n) is 6.76. The minimum Gasteiger partial charge on any atom is -0.359 e. The number of pyridine rings is 1. The summed E-state index contributed by atoms with van der Waals surface area (Å²) in [5, 5.41) is 3.57. The summed E-state index contributed by atoms with van der Waals surface area (Å²) in [7, 11) is 0. The van der Waals surface area contributed by atoms with Crippen LogP contribution in [-0.2, 0) is 0 Å². The maximum atomic E-state index is 13.1. The van der Waals surface area contributed by atoms with Crippen LogP contribution in [0.4, 0.5) is 11.4 Å². The molecule has 2 heterocycles. The smallest absolute Gasteiger partial charge is 0.262 e. The van der Waals surface area contributed by atoms with Gasteiger partial charge in [-0.15, -0.1) is 0 Å². The summed E-state index contributed by atoms with van der Waals surface area (Å²) in [5.74, 6) is -0.0271. The van der Waals surface area contributed by atoms with E-state index in [1.807, 2.05) is 49.4 Å². The lowest BCUT2D eigenvalue weighted by atomic mass is 10.1. The van der Waals surface area contributed by atoms with Crippen molar-refractivity contribution in [2.45, 2.75) is 26.9 Å². The fourth-order valence-corrected chi connectivity index (χ4v) is 3.47. The first-order valence-corrected chi connectivity index (χ1v) is 8.74. The molecule has 130 valence electrons. The van der Waals surface area contributed by atoms with Crippen molar-refractivity contribution in [3.05, 3.63) is 88.7 Å². The lowest BCUT2D eigenvalue weighted by Crippen LogP contribution is -2.32. The fourth-order valence-electron chi connectivity index (χ4n) is 3.47. The van der Waals surface area contributed by atoms with Crippen molar-refractivity contribution >= 4 is 17.3 Å². The van der Waals surface area contributed by atoms with Crippen molar-refractivity contribution < 1.29 is 4.79 Å². The lowest BCUT2D eigenvalue weighted by Gasteiger charge is -2.28. The second kappa shape index (κ2) is 6.30. The van der Waals surface area contributed by atoms with Gasteiger partial charge in [-0.25, -0.2) is 0 Å². The predicted molar refractivity (Wildman–Crippen MR) is 105 cm³/mol. The second-order valence-corrected chi connectivity index (χ2v) is 6.76. The van der Waals surface area contributed by atoms with Crippen molar-refractivity contribution in [1.82, 2.24) is 4.98 Å². The minimum atomic E-state index is -0.332. The van der Waals surface area contributed by atoms with Gasteiger partial charge in [0.2, 0.25) is 0 Å². The number of carbonyl (C=O) groups is 1. The van der Waals surface area contributed by atoms with Crippen LogP contribution in [0.3, 0.4) is 0 Å². The van der Waals surface area contributed by atoms with Gasteiger partial charge in [0.15, 0.2) is 6.17 Å². The van der Waals surface area contributed by atoms with Gasteiger partial charge in [0.1, 0.15) is 0 Å². The van der Waals surface area contributed by atoms with Crippen molar-refractivity contribution in [3.63, 3.8) is 0 Å². The number of anilines is 2. The number of para-hydroxylation sites is 1. The van der Waals surface area contributed by atoms with Gasteiger partial charge < -0.3 is 5.32 Å². The molecular formula is C22H21N3O. The number of aryl methyl sites for hydroxylation is 3. The van der Waals surface area contributed by atoms with Gasteiger partial charge in [0.25, 0.3) is 5.91 Å². The lowest BCUT2D eigenvalue weighted by molar-refractivity contribution is 0.0993. The van der Waals surface area contributed by atoms with Crippen LogP contribution in [0.1, 0.15) is 38.9 Å². The third-order valence-electron chi connectivity index (χ3n) is 4.88. The highest BCUT2D eigenvalue weighted by Crippen LogP contribution is 2.38. The van der Waals surface area contributed by atoms with E-state index >= 15 is 0 Å². The highest BCUT2D eigenvalue weighted by Gasteiger charge is 2.39. The van der Waals surface area contributed by atoms with Gasteiger partial charge in [-0.05, 0) is 56.2 Å². The molecular weight excluding hydrogens is 322 g/mol. The molecule has 4 nitrogen and oxygen atoms in total. The zero-order valence-corrected chi connectivity index (χ0v) is 15.2. The summed E-state index contributed by atoms with van der Waals surface area (Å²) in [5.41, 5.74) is 6.77. The fraction of sp³-hybridized carbons (Fsp3) is 0.182. The van der Waals surface area contributed by atoms with Gasteiger partial charge >= 0.3 is 0 Å². The molecule has 1 amide bonds. The molecule has 0 spiro atoms. The third kappa shape index (κ3) is 2.64. The molecule has 0 saturated carbocycles. The van der Waals surface area contributed by atoms with Crippen LogP contribution >= 0.6 is 0 Å². The Labute approximate surface area is 153 Å². The highest BCUT2D eigenvalue weighted by molar-refractivity contribution is 6.11. The zero-order valence-electron chi connectivity index (χ0n) is 15.2. The SMILES string of the molecule is Cc1ccc(N2C(=O)c3cccnc3[C@@H]2Nc2c(C)cccc2C)cc1. The number of fused-ring (bicyclic) bond motifs is 1. The molecule has 1 aliphatic heterocycles. The molecule has 1 atom stereocenters. The van der Waals surface area contributed by atoms with E-state index in [1.54, 1.807) is 11.1 Å². The molecule has 1 N–H and O–H groups in total.